The van der Waals surface area contributed by atoms with Crippen LogP contribution in [0.5, 0.6) is 0 Å². The highest BCUT2D eigenvalue weighted by Gasteiger charge is 2.36. The van der Waals surface area contributed by atoms with Crippen LogP contribution in [0.4, 0.5) is 0 Å². The Morgan fingerprint density at radius 2 is 1.65 bits per heavy atom. The molecule has 1 aliphatic rings. The zero-order valence-corrected chi connectivity index (χ0v) is 12.2. The van der Waals surface area contributed by atoms with Gasteiger partial charge < -0.3 is 0 Å². The maximum atomic E-state index is 9.00. The molecule has 1 saturated heterocycles. The second-order valence-electron chi connectivity index (χ2n) is 7.00. The molecule has 0 amide bonds. The molecule has 3 heteroatoms. The van der Waals surface area contributed by atoms with E-state index in [1.807, 2.05) is 0 Å². The Kier molecular flexibility index (Phi) is 4.22. The molecule has 0 bridgehead atoms. The third-order valence-electron chi connectivity index (χ3n) is 3.62. The number of piperazine rings is 1. The van der Waals surface area contributed by atoms with Crippen molar-refractivity contribution in [1.29, 1.82) is 5.26 Å². The second kappa shape index (κ2) is 4.96. The highest BCUT2D eigenvalue weighted by Crippen LogP contribution is 2.26. The van der Waals surface area contributed by atoms with E-state index >= 15 is 0 Å². The number of hydrogen-bond acceptors (Lipinski definition) is 3. The highest BCUT2D eigenvalue weighted by atomic mass is 15.3. The Morgan fingerprint density at radius 3 is 2.06 bits per heavy atom. The molecule has 1 atom stereocenters. The maximum absolute atomic E-state index is 9.00. The van der Waals surface area contributed by atoms with Gasteiger partial charge in [-0.15, -0.1) is 0 Å². The fourth-order valence-electron chi connectivity index (χ4n) is 2.63. The summed E-state index contributed by atoms with van der Waals surface area (Å²) in [5.74, 6) is 0. The zero-order chi connectivity index (χ0) is 13.3. The van der Waals surface area contributed by atoms with Gasteiger partial charge in [0.2, 0.25) is 0 Å². The van der Waals surface area contributed by atoms with Crippen LogP contribution in [0.3, 0.4) is 0 Å². The third kappa shape index (κ3) is 3.69. The standard InChI is InChI=1S/C14H27N3/c1-13(2,3)16-9-10-17(14(4,5)6)12(11-16)7-8-15/h12H,7,9-11H2,1-6H3. The first kappa shape index (κ1) is 14.5. The average molecular weight is 237 g/mol. The minimum atomic E-state index is 0.158. The van der Waals surface area contributed by atoms with Crippen LogP contribution in [-0.2, 0) is 0 Å². The largest absolute Gasteiger partial charge is 0.296 e. The zero-order valence-electron chi connectivity index (χ0n) is 12.2. The summed E-state index contributed by atoms with van der Waals surface area (Å²) < 4.78 is 0. The SMILES string of the molecule is CC(C)(C)N1CCN(C(C)(C)C)C(CC#N)C1. The molecule has 1 aliphatic heterocycles. The van der Waals surface area contributed by atoms with Crippen LogP contribution in [0.1, 0.15) is 48.0 Å². The lowest BCUT2D eigenvalue weighted by Gasteiger charge is -2.50. The van der Waals surface area contributed by atoms with Crippen LogP contribution in [0.2, 0.25) is 0 Å². The monoisotopic (exact) mass is 237 g/mol. The van der Waals surface area contributed by atoms with Gasteiger partial charge in [0.15, 0.2) is 0 Å². The molecule has 0 saturated carbocycles. The molecule has 1 heterocycles. The molecule has 0 aliphatic carbocycles. The summed E-state index contributed by atoms with van der Waals surface area (Å²) in [6.45, 7) is 16.7. The lowest BCUT2D eigenvalue weighted by molar-refractivity contribution is -0.0202. The van der Waals surface area contributed by atoms with Crippen molar-refractivity contribution < 1.29 is 0 Å². The van der Waals surface area contributed by atoms with Crippen molar-refractivity contribution in [1.82, 2.24) is 9.80 Å². The molecule has 3 nitrogen and oxygen atoms in total. The third-order valence-corrected chi connectivity index (χ3v) is 3.62. The molecule has 0 aromatic carbocycles. The molecule has 17 heavy (non-hydrogen) atoms. The van der Waals surface area contributed by atoms with Crippen LogP contribution < -0.4 is 0 Å². The van der Waals surface area contributed by atoms with E-state index in [-0.39, 0.29) is 11.1 Å². The van der Waals surface area contributed by atoms with Crippen LogP contribution in [0.15, 0.2) is 0 Å². The molecule has 98 valence electrons. The van der Waals surface area contributed by atoms with E-state index in [2.05, 4.69) is 57.4 Å². The maximum Gasteiger partial charge on any atom is 0.0638 e. The first-order valence-corrected chi connectivity index (χ1v) is 6.55. The molecule has 1 fully saturated rings. The molecule has 1 unspecified atom stereocenters. The number of hydrogen-bond donors (Lipinski definition) is 0. The van der Waals surface area contributed by atoms with Gasteiger partial charge in [-0.1, -0.05) is 0 Å². The summed E-state index contributed by atoms with van der Waals surface area (Å²) in [6, 6.07) is 2.71. The Bertz CT molecular complexity index is 290. The lowest BCUT2D eigenvalue weighted by atomic mass is 9.95. The first-order valence-electron chi connectivity index (χ1n) is 6.55. The Hall–Kier alpha value is -0.590. The van der Waals surface area contributed by atoms with Gasteiger partial charge in [-0.2, -0.15) is 5.26 Å². The lowest BCUT2D eigenvalue weighted by Crippen LogP contribution is -2.62. The van der Waals surface area contributed by atoms with Gasteiger partial charge in [0, 0.05) is 36.8 Å². The quantitative estimate of drug-likeness (QED) is 0.702. The topological polar surface area (TPSA) is 30.3 Å². The molecule has 0 N–H and O–H groups in total. The van der Waals surface area contributed by atoms with Crippen LogP contribution in [0, 0.1) is 11.3 Å². The highest BCUT2D eigenvalue weighted by molar-refractivity contribution is 4.96. The van der Waals surface area contributed by atoms with Crippen molar-refractivity contribution >= 4 is 0 Å². The van der Waals surface area contributed by atoms with Crippen molar-refractivity contribution in [2.24, 2.45) is 0 Å². The summed E-state index contributed by atoms with van der Waals surface area (Å²) in [5, 5.41) is 9.00. The van der Waals surface area contributed by atoms with Crippen LogP contribution >= 0.6 is 0 Å². The van der Waals surface area contributed by atoms with E-state index < -0.39 is 0 Å². The average Bonchev–Trinajstić information content (AvgIpc) is 2.15. The summed E-state index contributed by atoms with van der Waals surface area (Å²) in [6.07, 6.45) is 0.629. The number of rotatable bonds is 1. The second-order valence-corrected chi connectivity index (χ2v) is 7.00. The molecular formula is C14H27N3. The van der Waals surface area contributed by atoms with Crippen LogP contribution in [0.25, 0.3) is 0 Å². The Balaban J connectivity index is 2.79. The Morgan fingerprint density at radius 1 is 1.06 bits per heavy atom. The van der Waals surface area contributed by atoms with Crippen molar-refractivity contribution in [3.8, 4) is 6.07 Å². The van der Waals surface area contributed by atoms with Crippen molar-refractivity contribution in [3.63, 3.8) is 0 Å². The molecule has 0 aromatic heterocycles. The summed E-state index contributed by atoms with van der Waals surface area (Å²) >= 11 is 0. The minimum Gasteiger partial charge on any atom is -0.296 e. The number of nitrogens with zero attached hydrogens (tertiary/aromatic N) is 3. The summed E-state index contributed by atoms with van der Waals surface area (Å²) in [7, 11) is 0. The van der Waals surface area contributed by atoms with Gasteiger partial charge in [0.1, 0.15) is 0 Å². The van der Waals surface area contributed by atoms with Gasteiger partial charge in [-0.05, 0) is 41.5 Å². The van der Waals surface area contributed by atoms with Crippen LogP contribution in [-0.4, -0.2) is 46.6 Å². The van der Waals surface area contributed by atoms with Gasteiger partial charge >= 0.3 is 0 Å². The molecular weight excluding hydrogens is 210 g/mol. The van der Waals surface area contributed by atoms with Crippen molar-refractivity contribution in [3.05, 3.63) is 0 Å². The summed E-state index contributed by atoms with van der Waals surface area (Å²) in [4.78, 5) is 4.98. The van der Waals surface area contributed by atoms with Gasteiger partial charge in [-0.3, -0.25) is 9.80 Å². The van der Waals surface area contributed by atoms with E-state index in [1.165, 1.54) is 0 Å². The predicted octanol–water partition coefficient (Wildman–Crippen LogP) is 2.48. The molecule has 1 rings (SSSR count). The normalized spacial score (nSPS) is 24.6. The van der Waals surface area contributed by atoms with Gasteiger partial charge in [0.05, 0.1) is 12.5 Å². The molecule has 0 radical (unpaired) electrons. The van der Waals surface area contributed by atoms with Crippen molar-refractivity contribution in [2.75, 3.05) is 19.6 Å². The fraction of sp³-hybridized carbons (Fsp3) is 0.929. The van der Waals surface area contributed by atoms with E-state index in [1.54, 1.807) is 0 Å². The van der Waals surface area contributed by atoms with Crippen molar-refractivity contribution in [2.45, 2.75) is 65.1 Å². The first-order chi connectivity index (χ1) is 7.66. The number of nitriles is 1. The molecule has 0 aromatic rings. The van der Waals surface area contributed by atoms with Gasteiger partial charge in [0.25, 0.3) is 0 Å². The van der Waals surface area contributed by atoms with E-state index in [9.17, 15) is 0 Å². The van der Waals surface area contributed by atoms with E-state index in [0.29, 0.717) is 12.5 Å². The minimum absolute atomic E-state index is 0.158. The molecule has 0 spiro atoms. The van der Waals surface area contributed by atoms with E-state index in [4.69, 9.17) is 5.26 Å². The Labute approximate surface area is 106 Å². The summed E-state index contributed by atoms with van der Waals surface area (Å²) in [5.41, 5.74) is 0.364. The predicted molar refractivity (Wildman–Crippen MR) is 71.8 cm³/mol. The fourth-order valence-corrected chi connectivity index (χ4v) is 2.63. The van der Waals surface area contributed by atoms with E-state index in [0.717, 1.165) is 19.6 Å². The van der Waals surface area contributed by atoms with Gasteiger partial charge in [-0.25, -0.2) is 0 Å². The smallest absolute Gasteiger partial charge is 0.0638 e.